The van der Waals surface area contributed by atoms with Gasteiger partial charge in [-0.25, -0.2) is 0 Å². The van der Waals surface area contributed by atoms with Crippen molar-refractivity contribution >= 4 is 0 Å². The van der Waals surface area contributed by atoms with Crippen LogP contribution in [-0.4, -0.2) is 27.4 Å². The SMILES string of the molecule is C=CCc1ccccc1OCCOc1ccc(CNC)cc1OC. The molecular weight excluding hydrogens is 302 g/mol. The quantitative estimate of drug-likeness (QED) is 0.535. The van der Waals surface area contributed by atoms with Crippen molar-refractivity contribution in [3.05, 3.63) is 66.2 Å². The molecule has 0 saturated carbocycles. The smallest absolute Gasteiger partial charge is 0.161 e. The first-order chi connectivity index (χ1) is 11.8. The van der Waals surface area contributed by atoms with Gasteiger partial charge in [-0.3, -0.25) is 0 Å². The first-order valence-electron chi connectivity index (χ1n) is 8.04. The van der Waals surface area contributed by atoms with Crippen LogP contribution in [0.4, 0.5) is 0 Å². The highest BCUT2D eigenvalue weighted by Crippen LogP contribution is 2.28. The molecule has 128 valence electrons. The number of ether oxygens (including phenoxy) is 3. The van der Waals surface area contributed by atoms with Gasteiger partial charge in [0.05, 0.1) is 7.11 Å². The van der Waals surface area contributed by atoms with Gasteiger partial charge in [-0.15, -0.1) is 6.58 Å². The molecule has 0 unspecified atom stereocenters. The number of allylic oxidation sites excluding steroid dienone is 1. The molecule has 0 aliphatic heterocycles. The Kier molecular flexibility index (Phi) is 7.18. The van der Waals surface area contributed by atoms with E-state index in [0.29, 0.717) is 13.2 Å². The minimum Gasteiger partial charge on any atom is -0.493 e. The second kappa shape index (κ2) is 9.63. The van der Waals surface area contributed by atoms with Gasteiger partial charge in [-0.1, -0.05) is 30.3 Å². The lowest BCUT2D eigenvalue weighted by Crippen LogP contribution is -2.11. The lowest BCUT2D eigenvalue weighted by Gasteiger charge is -2.14. The minimum absolute atomic E-state index is 0.449. The van der Waals surface area contributed by atoms with Gasteiger partial charge in [0.15, 0.2) is 11.5 Å². The van der Waals surface area contributed by atoms with E-state index in [0.717, 1.165) is 41.3 Å². The second-order valence-electron chi connectivity index (χ2n) is 5.31. The first-order valence-corrected chi connectivity index (χ1v) is 8.04. The monoisotopic (exact) mass is 327 g/mol. The Labute approximate surface area is 144 Å². The molecule has 4 nitrogen and oxygen atoms in total. The highest BCUT2D eigenvalue weighted by Gasteiger charge is 2.06. The van der Waals surface area contributed by atoms with Crippen molar-refractivity contribution < 1.29 is 14.2 Å². The largest absolute Gasteiger partial charge is 0.493 e. The van der Waals surface area contributed by atoms with Gasteiger partial charge >= 0.3 is 0 Å². The van der Waals surface area contributed by atoms with Gasteiger partial charge in [-0.2, -0.15) is 0 Å². The van der Waals surface area contributed by atoms with Crippen molar-refractivity contribution in [2.45, 2.75) is 13.0 Å². The fraction of sp³-hybridized carbons (Fsp3) is 0.300. The number of hydrogen-bond donors (Lipinski definition) is 1. The molecule has 2 aromatic rings. The Hall–Kier alpha value is -2.46. The maximum atomic E-state index is 5.82. The zero-order chi connectivity index (χ0) is 17.2. The second-order valence-corrected chi connectivity index (χ2v) is 5.31. The molecule has 0 bridgehead atoms. The topological polar surface area (TPSA) is 39.7 Å². The molecule has 2 aromatic carbocycles. The third-order valence-electron chi connectivity index (χ3n) is 3.54. The lowest BCUT2D eigenvalue weighted by molar-refractivity contribution is 0.210. The van der Waals surface area contributed by atoms with Crippen LogP contribution in [0.3, 0.4) is 0 Å². The molecule has 0 heterocycles. The summed E-state index contributed by atoms with van der Waals surface area (Å²) in [7, 11) is 3.56. The molecule has 4 heteroatoms. The summed E-state index contributed by atoms with van der Waals surface area (Å²) in [6.07, 6.45) is 2.66. The van der Waals surface area contributed by atoms with Crippen LogP contribution < -0.4 is 19.5 Å². The number of para-hydroxylation sites is 1. The Morgan fingerprint density at radius 3 is 2.46 bits per heavy atom. The molecule has 24 heavy (non-hydrogen) atoms. The molecule has 0 spiro atoms. The number of methoxy groups -OCH3 is 1. The van der Waals surface area contributed by atoms with Crippen molar-refractivity contribution in [3.63, 3.8) is 0 Å². The summed E-state index contributed by atoms with van der Waals surface area (Å²) < 4.78 is 17.0. The molecule has 0 aliphatic rings. The highest BCUT2D eigenvalue weighted by molar-refractivity contribution is 5.43. The number of rotatable bonds is 10. The third kappa shape index (κ3) is 5.03. The van der Waals surface area contributed by atoms with Crippen molar-refractivity contribution in [1.82, 2.24) is 5.32 Å². The van der Waals surface area contributed by atoms with Gasteiger partial charge in [0, 0.05) is 6.54 Å². The predicted octanol–water partition coefficient (Wildman–Crippen LogP) is 3.60. The van der Waals surface area contributed by atoms with Gasteiger partial charge < -0.3 is 19.5 Å². The Bertz CT molecular complexity index is 655. The maximum Gasteiger partial charge on any atom is 0.161 e. The molecule has 0 amide bonds. The molecule has 0 fully saturated rings. The number of nitrogens with one attached hydrogen (secondary N) is 1. The van der Waals surface area contributed by atoms with Crippen molar-refractivity contribution in [2.75, 3.05) is 27.4 Å². The Balaban J connectivity index is 1.89. The fourth-order valence-corrected chi connectivity index (χ4v) is 2.42. The zero-order valence-corrected chi connectivity index (χ0v) is 14.4. The van der Waals surface area contributed by atoms with E-state index in [9.17, 15) is 0 Å². The van der Waals surface area contributed by atoms with Crippen LogP contribution in [0.5, 0.6) is 17.2 Å². The van der Waals surface area contributed by atoms with E-state index < -0.39 is 0 Å². The van der Waals surface area contributed by atoms with Crippen LogP contribution in [0.25, 0.3) is 0 Å². The van der Waals surface area contributed by atoms with Crippen molar-refractivity contribution in [3.8, 4) is 17.2 Å². The predicted molar refractivity (Wildman–Crippen MR) is 97.1 cm³/mol. The molecule has 0 aromatic heterocycles. The van der Waals surface area contributed by atoms with Gasteiger partial charge in [-0.05, 0) is 42.8 Å². The van der Waals surface area contributed by atoms with Crippen molar-refractivity contribution in [2.24, 2.45) is 0 Å². The minimum atomic E-state index is 0.449. The van der Waals surface area contributed by atoms with E-state index >= 15 is 0 Å². The van der Waals surface area contributed by atoms with E-state index in [1.165, 1.54) is 0 Å². The molecule has 0 atom stereocenters. The van der Waals surface area contributed by atoms with E-state index in [-0.39, 0.29) is 0 Å². The van der Waals surface area contributed by atoms with E-state index in [2.05, 4.69) is 11.9 Å². The van der Waals surface area contributed by atoms with Crippen LogP contribution in [-0.2, 0) is 13.0 Å². The molecule has 2 rings (SSSR count). The highest BCUT2D eigenvalue weighted by atomic mass is 16.5. The lowest BCUT2D eigenvalue weighted by atomic mass is 10.1. The zero-order valence-electron chi connectivity index (χ0n) is 14.4. The van der Waals surface area contributed by atoms with Crippen LogP contribution in [0.15, 0.2) is 55.1 Å². The van der Waals surface area contributed by atoms with Crippen LogP contribution >= 0.6 is 0 Å². The first kappa shape index (κ1) is 17.9. The van der Waals surface area contributed by atoms with Gasteiger partial charge in [0.1, 0.15) is 19.0 Å². The summed E-state index contributed by atoms with van der Waals surface area (Å²) in [4.78, 5) is 0. The number of benzene rings is 2. The normalized spacial score (nSPS) is 10.2. The number of hydrogen-bond acceptors (Lipinski definition) is 4. The summed E-state index contributed by atoms with van der Waals surface area (Å²) >= 11 is 0. The average Bonchev–Trinajstić information content (AvgIpc) is 2.61. The summed E-state index contributed by atoms with van der Waals surface area (Å²) in [5.41, 5.74) is 2.28. The van der Waals surface area contributed by atoms with E-state index in [4.69, 9.17) is 14.2 Å². The summed E-state index contributed by atoms with van der Waals surface area (Å²) in [5.74, 6) is 2.33. The molecule has 0 radical (unpaired) electrons. The molecular formula is C20H25NO3. The van der Waals surface area contributed by atoms with Crippen LogP contribution in [0.1, 0.15) is 11.1 Å². The maximum absolute atomic E-state index is 5.82. The summed E-state index contributed by atoms with van der Waals surface area (Å²) in [5, 5.41) is 3.12. The van der Waals surface area contributed by atoms with Crippen molar-refractivity contribution in [1.29, 1.82) is 0 Å². The Morgan fingerprint density at radius 1 is 1.00 bits per heavy atom. The van der Waals surface area contributed by atoms with Gasteiger partial charge in [0.25, 0.3) is 0 Å². The van der Waals surface area contributed by atoms with Crippen LogP contribution in [0.2, 0.25) is 0 Å². The standard InChI is InChI=1S/C20H25NO3/c1-4-7-17-8-5-6-9-18(17)23-12-13-24-19-11-10-16(15-21-2)14-20(19)22-3/h4-6,8-11,14,21H,1,7,12-13,15H2,2-3H3. The fourth-order valence-electron chi connectivity index (χ4n) is 2.42. The van der Waals surface area contributed by atoms with E-state index in [1.54, 1.807) is 7.11 Å². The molecule has 1 N–H and O–H groups in total. The van der Waals surface area contributed by atoms with E-state index in [1.807, 2.05) is 55.6 Å². The van der Waals surface area contributed by atoms with Crippen LogP contribution in [0, 0.1) is 0 Å². The average molecular weight is 327 g/mol. The summed E-state index contributed by atoms with van der Waals surface area (Å²) in [6.45, 7) is 5.48. The third-order valence-corrected chi connectivity index (χ3v) is 3.54. The van der Waals surface area contributed by atoms with Gasteiger partial charge in [0.2, 0.25) is 0 Å². The Morgan fingerprint density at radius 2 is 1.75 bits per heavy atom. The summed E-state index contributed by atoms with van der Waals surface area (Å²) in [6, 6.07) is 13.9. The molecule has 0 saturated heterocycles. The molecule has 0 aliphatic carbocycles.